The number of carbonyl (C=O) groups excluding carboxylic acids is 1. The van der Waals surface area contributed by atoms with Gasteiger partial charge in [0.15, 0.2) is 0 Å². The summed E-state index contributed by atoms with van der Waals surface area (Å²) in [7, 11) is 0. The summed E-state index contributed by atoms with van der Waals surface area (Å²) in [6.45, 7) is 0.348. The Morgan fingerprint density at radius 1 is 1.26 bits per heavy atom. The van der Waals surface area contributed by atoms with Crippen LogP contribution in [-0.2, 0) is 17.8 Å². The fraction of sp³-hybridized carbons (Fsp3) is 0.176. The summed E-state index contributed by atoms with van der Waals surface area (Å²) in [5, 5.41) is 3.44. The first-order valence-corrected chi connectivity index (χ1v) is 7.62. The van der Waals surface area contributed by atoms with Crippen molar-refractivity contribution in [2.24, 2.45) is 0 Å². The van der Waals surface area contributed by atoms with Gasteiger partial charge in [-0.2, -0.15) is 0 Å². The zero-order valence-electron chi connectivity index (χ0n) is 12.3. The monoisotopic (exact) mass is 331 g/mol. The molecule has 23 heavy (non-hydrogen) atoms. The third-order valence-corrected chi connectivity index (χ3v) is 3.68. The number of aryl methyl sites for hydroxylation is 1. The Hall–Kier alpha value is -2.40. The van der Waals surface area contributed by atoms with Gasteiger partial charge in [-0.05, 0) is 36.2 Å². The van der Waals surface area contributed by atoms with E-state index in [9.17, 15) is 9.18 Å². The Morgan fingerprint density at radius 2 is 2.13 bits per heavy atom. The van der Waals surface area contributed by atoms with Crippen LogP contribution in [0.5, 0.6) is 0 Å². The number of rotatable bonds is 5. The summed E-state index contributed by atoms with van der Waals surface area (Å²) in [4.78, 5) is 16.3. The van der Waals surface area contributed by atoms with E-state index in [0.717, 1.165) is 16.9 Å². The molecule has 0 aliphatic heterocycles. The third-order valence-electron chi connectivity index (χ3n) is 3.46. The van der Waals surface area contributed by atoms with Crippen LogP contribution in [0.4, 0.5) is 4.39 Å². The smallest absolute Gasteiger partial charge is 0.220 e. The van der Waals surface area contributed by atoms with Gasteiger partial charge in [0.2, 0.25) is 5.91 Å². The van der Waals surface area contributed by atoms with E-state index in [1.54, 1.807) is 18.3 Å². The zero-order valence-corrected chi connectivity index (χ0v) is 13.1. The number of imidazole rings is 1. The average molecular weight is 332 g/mol. The lowest BCUT2D eigenvalue weighted by molar-refractivity contribution is -0.121. The van der Waals surface area contributed by atoms with Crippen molar-refractivity contribution in [3.8, 4) is 0 Å². The van der Waals surface area contributed by atoms with E-state index >= 15 is 0 Å². The van der Waals surface area contributed by atoms with Crippen molar-refractivity contribution in [1.82, 2.24) is 14.7 Å². The topological polar surface area (TPSA) is 46.4 Å². The van der Waals surface area contributed by atoms with Gasteiger partial charge < -0.3 is 9.72 Å². The number of carbonyl (C=O) groups is 1. The van der Waals surface area contributed by atoms with Gasteiger partial charge in [-0.15, -0.1) is 0 Å². The van der Waals surface area contributed by atoms with E-state index in [1.165, 1.54) is 12.1 Å². The third kappa shape index (κ3) is 4.07. The fourth-order valence-electron chi connectivity index (χ4n) is 2.33. The maximum absolute atomic E-state index is 13.1. The molecular weight excluding hydrogens is 317 g/mol. The number of amides is 1. The van der Waals surface area contributed by atoms with Crippen LogP contribution in [0.25, 0.3) is 5.65 Å². The number of halogens is 2. The minimum atomic E-state index is -0.286. The van der Waals surface area contributed by atoms with Crippen molar-refractivity contribution in [1.29, 1.82) is 0 Å². The van der Waals surface area contributed by atoms with Crippen molar-refractivity contribution < 1.29 is 9.18 Å². The molecule has 6 heteroatoms. The molecule has 2 heterocycles. The molecule has 0 spiro atoms. The maximum atomic E-state index is 13.1. The molecule has 0 aliphatic rings. The molecule has 0 saturated heterocycles. The number of aromatic nitrogens is 2. The molecule has 0 saturated carbocycles. The predicted molar refractivity (Wildman–Crippen MR) is 86.8 cm³/mol. The molecule has 1 aromatic carbocycles. The summed E-state index contributed by atoms with van der Waals surface area (Å²) < 4.78 is 14.9. The molecule has 3 aromatic rings. The van der Waals surface area contributed by atoms with Gasteiger partial charge >= 0.3 is 0 Å². The van der Waals surface area contributed by atoms with Gasteiger partial charge in [0, 0.05) is 18.8 Å². The first-order valence-electron chi connectivity index (χ1n) is 7.24. The summed E-state index contributed by atoms with van der Waals surface area (Å²) >= 11 is 5.92. The van der Waals surface area contributed by atoms with Gasteiger partial charge in [-0.3, -0.25) is 4.79 Å². The van der Waals surface area contributed by atoms with Crippen LogP contribution in [0.3, 0.4) is 0 Å². The Morgan fingerprint density at radius 3 is 2.96 bits per heavy atom. The van der Waals surface area contributed by atoms with Crippen molar-refractivity contribution in [3.63, 3.8) is 0 Å². The molecule has 118 valence electrons. The van der Waals surface area contributed by atoms with Crippen LogP contribution in [0.2, 0.25) is 5.02 Å². The lowest BCUT2D eigenvalue weighted by Crippen LogP contribution is -2.23. The van der Waals surface area contributed by atoms with Crippen LogP contribution in [-0.4, -0.2) is 15.3 Å². The average Bonchev–Trinajstić information content (AvgIpc) is 2.93. The zero-order chi connectivity index (χ0) is 16.2. The molecule has 0 bridgehead atoms. The van der Waals surface area contributed by atoms with Crippen molar-refractivity contribution in [2.75, 3.05) is 0 Å². The Labute approximate surface area is 137 Å². The van der Waals surface area contributed by atoms with Crippen molar-refractivity contribution >= 4 is 23.2 Å². The van der Waals surface area contributed by atoms with Crippen LogP contribution >= 0.6 is 11.6 Å². The van der Waals surface area contributed by atoms with Crippen LogP contribution in [0, 0.1) is 5.82 Å². The number of fused-ring (bicyclic) bond motifs is 1. The maximum Gasteiger partial charge on any atom is 0.220 e. The first-order chi connectivity index (χ1) is 11.1. The Kier molecular flexibility index (Phi) is 4.57. The van der Waals surface area contributed by atoms with Gasteiger partial charge in [0.25, 0.3) is 0 Å². The van der Waals surface area contributed by atoms with E-state index in [1.807, 2.05) is 22.7 Å². The molecule has 0 aliphatic carbocycles. The minimum absolute atomic E-state index is 0.0932. The van der Waals surface area contributed by atoms with Gasteiger partial charge in [-0.25, -0.2) is 9.37 Å². The van der Waals surface area contributed by atoms with Crippen molar-refractivity contribution in [3.05, 3.63) is 70.9 Å². The molecule has 0 atom stereocenters. The van der Waals surface area contributed by atoms with E-state index < -0.39 is 0 Å². The summed E-state index contributed by atoms with van der Waals surface area (Å²) in [5.74, 6) is -0.379. The first kappa shape index (κ1) is 15.5. The van der Waals surface area contributed by atoms with Crippen molar-refractivity contribution in [2.45, 2.75) is 19.4 Å². The Balaban J connectivity index is 1.53. The molecule has 3 rings (SSSR count). The van der Waals surface area contributed by atoms with E-state index in [-0.39, 0.29) is 11.7 Å². The summed E-state index contributed by atoms with van der Waals surface area (Å²) in [5.41, 5.74) is 2.34. The number of nitrogens with zero attached hydrogens (tertiary/aromatic N) is 2. The molecule has 2 aromatic heterocycles. The molecular formula is C17H15ClFN3O. The number of pyridine rings is 1. The van der Waals surface area contributed by atoms with E-state index in [2.05, 4.69) is 10.3 Å². The van der Waals surface area contributed by atoms with Gasteiger partial charge in [0.05, 0.1) is 17.3 Å². The number of nitrogens with one attached hydrogen (secondary N) is 1. The lowest BCUT2D eigenvalue weighted by atomic mass is 10.1. The number of hydrogen-bond donors (Lipinski definition) is 1. The highest BCUT2D eigenvalue weighted by Crippen LogP contribution is 2.12. The number of benzene rings is 1. The highest BCUT2D eigenvalue weighted by Gasteiger charge is 2.06. The predicted octanol–water partition coefficient (Wildman–Crippen LogP) is 3.38. The summed E-state index contributed by atoms with van der Waals surface area (Å²) in [6, 6.07) is 9.87. The van der Waals surface area contributed by atoms with Crippen LogP contribution < -0.4 is 5.32 Å². The molecule has 0 unspecified atom stereocenters. The second-order valence-corrected chi connectivity index (χ2v) is 5.69. The Bertz CT molecular complexity index is 847. The normalized spacial score (nSPS) is 10.9. The summed E-state index contributed by atoms with van der Waals surface area (Å²) in [6.07, 6.45) is 4.40. The lowest BCUT2D eigenvalue weighted by Gasteiger charge is -2.03. The molecule has 4 nitrogen and oxygen atoms in total. The second kappa shape index (κ2) is 6.79. The molecule has 1 N–H and O–H groups in total. The fourth-order valence-corrected chi connectivity index (χ4v) is 2.50. The van der Waals surface area contributed by atoms with Crippen LogP contribution in [0.1, 0.15) is 17.7 Å². The second-order valence-electron chi connectivity index (χ2n) is 5.25. The van der Waals surface area contributed by atoms with Gasteiger partial charge in [-0.1, -0.05) is 23.7 Å². The van der Waals surface area contributed by atoms with E-state index in [0.29, 0.717) is 24.4 Å². The van der Waals surface area contributed by atoms with Crippen LogP contribution in [0.15, 0.2) is 48.8 Å². The number of hydrogen-bond acceptors (Lipinski definition) is 2. The highest BCUT2D eigenvalue weighted by molar-refractivity contribution is 6.30. The minimum Gasteiger partial charge on any atom is -0.350 e. The quantitative estimate of drug-likeness (QED) is 0.779. The largest absolute Gasteiger partial charge is 0.350 e. The molecule has 0 radical (unpaired) electrons. The highest BCUT2D eigenvalue weighted by atomic mass is 35.5. The van der Waals surface area contributed by atoms with E-state index in [4.69, 9.17) is 11.6 Å². The SMILES string of the molecule is O=C(CCc1cccc(F)c1)NCc1cn2cc(Cl)ccc2n1. The van der Waals surface area contributed by atoms with Gasteiger partial charge in [0.1, 0.15) is 11.5 Å². The molecule has 0 fully saturated rings. The molecule has 1 amide bonds. The standard InChI is InChI=1S/C17H15ClFN3O/c18-13-5-6-16-21-15(11-22(16)10-13)9-20-17(23)7-4-12-2-1-3-14(19)8-12/h1-3,5-6,8,10-11H,4,7,9H2,(H,20,23).